The van der Waals surface area contributed by atoms with Crippen molar-refractivity contribution in [2.45, 2.75) is 18.7 Å². The number of aryl methyl sites for hydroxylation is 1. The van der Waals surface area contributed by atoms with E-state index in [1.54, 1.807) is 0 Å². The molecule has 0 aliphatic carbocycles. The topological polar surface area (TPSA) is 12.0 Å². The zero-order valence-corrected chi connectivity index (χ0v) is 13.3. The van der Waals surface area contributed by atoms with Crippen molar-refractivity contribution in [1.29, 1.82) is 0 Å². The fourth-order valence-electron chi connectivity index (χ4n) is 1.78. The molecule has 0 aromatic heterocycles. The van der Waals surface area contributed by atoms with Crippen molar-refractivity contribution >= 4 is 39.5 Å². The smallest absolute Gasteiger partial charge is 0.0263 e. The Hall–Kier alpha value is 0.360. The molecule has 0 radical (unpaired) electrons. The van der Waals surface area contributed by atoms with Gasteiger partial charge in [0.1, 0.15) is 0 Å². The quantitative estimate of drug-likeness (QED) is 0.903. The lowest BCUT2D eigenvalue weighted by atomic mass is 10.1. The van der Waals surface area contributed by atoms with E-state index in [1.165, 1.54) is 32.9 Å². The molecule has 1 aliphatic rings. The second-order valence-corrected chi connectivity index (χ2v) is 7.69. The van der Waals surface area contributed by atoms with E-state index in [0.717, 1.165) is 18.3 Å². The van der Waals surface area contributed by atoms with Gasteiger partial charge in [0.15, 0.2) is 0 Å². The molecule has 1 aromatic carbocycles. The van der Waals surface area contributed by atoms with Crippen molar-refractivity contribution in [2.24, 2.45) is 0 Å². The third-order valence-corrected chi connectivity index (χ3v) is 6.52. The Morgan fingerprint density at radius 2 is 2.29 bits per heavy atom. The van der Waals surface area contributed by atoms with Crippen LogP contribution >= 0.6 is 39.5 Å². The first-order valence-electron chi connectivity index (χ1n) is 5.91. The molecule has 0 saturated carbocycles. The summed E-state index contributed by atoms with van der Waals surface area (Å²) in [5, 5.41) is 4.36. The van der Waals surface area contributed by atoms with Crippen molar-refractivity contribution in [2.75, 3.05) is 23.8 Å². The summed E-state index contributed by atoms with van der Waals surface area (Å²) in [6.07, 6.45) is 0. The van der Waals surface area contributed by atoms with E-state index in [2.05, 4.69) is 69.9 Å². The summed E-state index contributed by atoms with van der Waals surface area (Å²) < 4.78 is 1.21. The standard InChI is InChI=1S/C13H18BrNS2/c1-10-2-3-11(6-13(10)14)7-15-8-12-9-16-4-5-17-12/h2-3,6,12,15H,4-5,7-9H2,1H3. The Morgan fingerprint density at radius 1 is 1.41 bits per heavy atom. The summed E-state index contributed by atoms with van der Waals surface area (Å²) in [5.41, 5.74) is 2.66. The van der Waals surface area contributed by atoms with E-state index in [4.69, 9.17) is 0 Å². The highest BCUT2D eigenvalue weighted by molar-refractivity contribution is 9.10. The minimum Gasteiger partial charge on any atom is -0.312 e. The second kappa shape index (κ2) is 7.07. The van der Waals surface area contributed by atoms with E-state index < -0.39 is 0 Å². The fourth-order valence-corrected chi connectivity index (χ4v) is 4.85. The Balaban J connectivity index is 1.75. The molecule has 1 N–H and O–H groups in total. The van der Waals surface area contributed by atoms with Crippen LogP contribution in [0.5, 0.6) is 0 Å². The van der Waals surface area contributed by atoms with Crippen LogP contribution in [0.4, 0.5) is 0 Å². The van der Waals surface area contributed by atoms with Crippen LogP contribution in [0, 0.1) is 6.92 Å². The maximum Gasteiger partial charge on any atom is 0.0263 e. The van der Waals surface area contributed by atoms with Crippen LogP contribution in [0.3, 0.4) is 0 Å². The molecule has 1 heterocycles. The first-order valence-corrected chi connectivity index (χ1v) is 8.90. The Bertz CT molecular complexity index is 364. The van der Waals surface area contributed by atoms with Gasteiger partial charge in [0.2, 0.25) is 0 Å². The Labute approximate surface area is 121 Å². The predicted molar refractivity (Wildman–Crippen MR) is 84.2 cm³/mol. The lowest BCUT2D eigenvalue weighted by Gasteiger charge is -2.21. The highest BCUT2D eigenvalue weighted by atomic mass is 79.9. The SMILES string of the molecule is Cc1ccc(CNCC2CSCCS2)cc1Br. The second-order valence-electron chi connectivity index (χ2n) is 4.28. The molecule has 1 atom stereocenters. The molecule has 1 fully saturated rings. The van der Waals surface area contributed by atoms with Crippen molar-refractivity contribution in [3.05, 3.63) is 33.8 Å². The van der Waals surface area contributed by atoms with Crippen LogP contribution in [-0.4, -0.2) is 29.1 Å². The first kappa shape index (κ1) is 13.8. The van der Waals surface area contributed by atoms with Crippen LogP contribution in [0.1, 0.15) is 11.1 Å². The summed E-state index contributed by atoms with van der Waals surface area (Å²) in [4.78, 5) is 0. The van der Waals surface area contributed by atoms with Gasteiger partial charge in [-0.3, -0.25) is 0 Å². The number of thioether (sulfide) groups is 2. The van der Waals surface area contributed by atoms with Crippen LogP contribution in [-0.2, 0) is 6.54 Å². The molecule has 94 valence electrons. The lowest BCUT2D eigenvalue weighted by Crippen LogP contribution is -2.28. The summed E-state index contributed by atoms with van der Waals surface area (Å²) in [5.74, 6) is 3.94. The minimum absolute atomic E-state index is 0.794. The van der Waals surface area contributed by atoms with Gasteiger partial charge in [-0.2, -0.15) is 23.5 Å². The number of hydrogen-bond donors (Lipinski definition) is 1. The van der Waals surface area contributed by atoms with Crippen LogP contribution in [0.2, 0.25) is 0 Å². The van der Waals surface area contributed by atoms with Gasteiger partial charge < -0.3 is 5.32 Å². The molecule has 1 saturated heterocycles. The Morgan fingerprint density at radius 3 is 3.00 bits per heavy atom. The van der Waals surface area contributed by atoms with E-state index in [9.17, 15) is 0 Å². The van der Waals surface area contributed by atoms with Gasteiger partial charge in [-0.15, -0.1) is 0 Å². The van der Waals surface area contributed by atoms with Crippen LogP contribution in [0.15, 0.2) is 22.7 Å². The molecule has 0 bridgehead atoms. The van der Waals surface area contributed by atoms with Gasteiger partial charge in [0.25, 0.3) is 0 Å². The molecule has 1 unspecified atom stereocenters. The van der Waals surface area contributed by atoms with Crippen molar-refractivity contribution in [1.82, 2.24) is 5.32 Å². The normalized spacial score (nSPS) is 20.5. The number of halogens is 1. The maximum atomic E-state index is 3.58. The molecule has 1 nitrogen and oxygen atoms in total. The van der Waals surface area contributed by atoms with E-state index in [1.807, 2.05) is 0 Å². The summed E-state index contributed by atoms with van der Waals surface area (Å²) in [7, 11) is 0. The Kier molecular flexibility index (Phi) is 5.74. The van der Waals surface area contributed by atoms with Gasteiger partial charge in [-0.05, 0) is 24.1 Å². The molecular formula is C13H18BrNS2. The van der Waals surface area contributed by atoms with E-state index >= 15 is 0 Å². The molecule has 2 rings (SSSR count). The number of hydrogen-bond acceptors (Lipinski definition) is 3. The average molecular weight is 332 g/mol. The number of benzene rings is 1. The van der Waals surface area contributed by atoms with E-state index in [-0.39, 0.29) is 0 Å². The summed E-state index contributed by atoms with van der Waals surface area (Å²) in [6, 6.07) is 6.59. The lowest BCUT2D eigenvalue weighted by molar-refractivity contribution is 0.686. The van der Waals surface area contributed by atoms with Gasteiger partial charge in [0.05, 0.1) is 0 Å². The minimum atomic E-state index is 0.794. The maximum absolute atomic E-state index is 3.58. The predicted octanol–water partition coefficient (Wildman–Crippen LogP) is 3.70. The van der Waals surface area contributed by atoms with Crippen LogP contribution in [0.25, 0.3) is 0 Å². The largest absolute Gasteiger partial charge is 0.312 e. The van der Waals surface area contributed by atoms with Crippen LogP contribution < -0.4 is 5.32 Å². The molecule has 0 amide bonds. The van der Waals surface area contributed by atoms with Crippen molar-refractivity contribution < 1.29 is 0 Å². The number of rotatable bonds is 4. The zero-order chi connectivity index (χ0) is 12.1. The van der Waals surface area contributed by atoms with Crippen molar-refractivity contribution in [3.63, 3.8) is 0 Å². The monoisotopic (exact) mass is 331 g/mol. The average Bonchev–Trinajstić information content (AvgIpc) is 2.35. The van der Waals surface area contributed by atoms with Gasteiger partial charge in [-0.1, -0.05) is 28.1 Å². The van der Waals surface area contributed by atoms with E-state index in [0.29, 0.717) is 0 Å². The molecular weight excluding hydrogens is 314 g/mol. The number of nitrogens with one attached hydrogen (secondary N) is 1. The zero-order valence-electron chi connectivity index (χ0n) is 10.0. The van der Waals surface area contributed by atoms with Crippen molar-refractivity contribution in [3.8, 4) is 0 Å². The van der Waals surface area contributed by atoms with Gasteiger partial charge >= 0.3 is 0 Å². The highest BCUT2D eigenvalue weighted by Crippen LogP contribution is 2.23. The summed E-state index contributed by atoms with van der Waals surface area (Å²) >= 11 is 7.78. The first-order chi connectivity index (χ1) is 8.25. The third kappa shape index (κ3) is 4.51. The molecule has 1 aromatic rings. The van der Waals surface area contributed by atoms with Gasteiger partial charge in [-0.25, -0.2) is 0 Å². The fraction of sp³-hybridized carbons (Fsp3) is 0.538. The van der Waals surface area contributed by atoms with Gasteiger partial charge in [0, 0.05) is 40.1 Å². The molecule has 1 aliphatic heterocycles. The molecule has 4 heteroatoms. The summed E-state index contributed by atoms with van der Waals surface area (Å²) in [6.45, 7) is 4.22. The third-order valence-electron chi connectivity index (χ3n) is 2.82. The molecule has 17 heavy (non-hydrogen) atoms. The molecule has 0 spiro atoms. The highest BCUT2D eigenvalue weighted by Gasteiger charge is 2.13.